The number of hydrogen-bond acceptors (Lipinski definition) is 3. The molecule has 1 saturated heterocycles. The number of carbonyl (C=O) groups excluding carboxylic acids is 1. The lowest BCUT2D eigenvalue weighted by molar-refractivity contribution is -0.121. The summed E-state index contributed by atoms with van der Waals surface area (Å²) in [4.78, 5) is 17.2. The monoisotopic (exact) mass is 397 g/mol. The lowest BCUT2D eigenvalue weighted by atomic mass is 9.95. The Morgan fingerprint density at radius 2 is 1.72 bits per heavy atom. The van der Waals surface area contributed by atoms with E-state index in [-0.39, 0.29) is 17.6 Å². The van der Waals surface area contributed by atoms with Gasteiger partial charge in [0.2, 0.25) is 5.91 Å². The van der Waals surface area contributed by atoms with Crippen LogP contribution in [0.15, 0.2) is 48.5 Å². The van der Waals surface area contributed by atoms with Gasteiger partial charge in [-0.3, -0.25) is 14.6 Å². The molecule has 5 heteroatoms. The Hall–Kier alpha value is -2.24. The number of benzene rings is 2. The molecule has 156 valence electrons. The van der Waals surface area contributed by atoms with E-state index in [0.29, 0.717) is 6.54 Å². The van der Waals surface area contributed by atoms with Gasteiger partial charge in [-0.15, -0.1) is 0 Å². The maximum absolute atomic E-state index is 13.8. The minimum absolute atomic E-state index is 0.0159. The van der Waals surface area contributed by atoms with Crippen molar-refractivity contribution >= 4 is 11.6 Å². The van der Waals surface area contributed by atoms with Gasteiger partial charge in [-0.1, -0.05) is 44.2 Å². The fraction of sp³-hybridized carbons (Fsp3) is 0.458. The van der Waals surface area contributed by atoms with Crippen molar-refractivity contribution in [2.45, 2.75) is 39.8 Å². The molecule has 1 heterocycles. The molecule has 1 aliphatic heterocycles. The first-order valence-electron chi connectivity index (χ1n) is 10.7. The Balaban J connectivity index is 1.46. The first-order valence-corrected chi connectivity index (χ1v) is 10.7. The Morgan fingerprint density at radius 3 is 2.34 bits per heavy atom. The number of amides is 1. The molecule has 0 spiro atoms. The van der Waals surface area contributed by atoms with Gasteiger partial charge in [-0.2, -0.15) is 0 Å². The number of carbonyl (C=O) groups is 1. The van der Waals surface area contributed by atoms with Gasteiger partial charge in [-0.05, 0) is 62.8 Å². The van der Waals surface area contributed by atoms with Crippen LogP contribution in [0.4, 0.5) is 10.1 Å². The Kier molecular flexibility index (Phi) is 7.78. The third-order valence-corrected chi connectivity index (χ3v) is 5.83. The Bertz CT molecular complexity index is 781. The zero-order valence-electron chi connectivity index (χ0n) is 17.5. The third-order valence-electron chi connectivity index (χ3n) is 5.83. The molecule has 0 radical (unpaired) electrons. The molecule has 0 unspecified atom stereocenters. The fourth-order valence-corrected chi connectivity index (χ4v) is 3.86. The van der Waals surface area contributed by atoms with Crippen LogP contribution in [0.3, 0.4) is 0 Å². The van der Waals surface area contributed by atoms with Crippen molar-refractivity contribution in [1.82, 2.24) is 9.80 Å². The van der Waals surface area contributed by atoms with Crippen molar-refractivity contribution in [2.24, 2.45) is 5.92 Å². The second-order valence-corrected chi connectivity index (χ2v) is 7.79. The van der Waals surface area contributed by atoms with Crippen LogP contribution in [0.25, 0.3) is 0 Å². The lowest BCUT2D eigenvalue weighted by Crippen LogP contribution is -2.37. The number of halogens is 1. The van der Waals surface area contributed by atoms with Crippen molar-refractivity contribution in [3.63, 3.8) is 0 Å². The van der Waals surface area contributed by atoms with Crippen molar-refractivity contribution < 1.29 is 9.18 Å². The second-order valence-electron chi connectivity index (χ2n) is 7.79. The predicted molar refractivity (Wildman–Crippen MR) is 116 cm³/mol. The van der Waals surface area contributed by atoms with Gasteiger partial charge in [0.25, 0.3) is 0 Å². The molecule has 1 aliphatic rings. The van der Waals surface area contributed by atoms with Crippen LogP contribution in [-0.4, -0.2) is 41.9 Å². The van der Waals surface area contributed by atoms with Crippen LogP contribution in [-0.2, 0) is 17.9 Å². The van der Waals surface area contributed by atoms with E-state index in [9.17, 15) is 9.18 Å². The average Bonchev–Trinajstić information content (AvgIpc) is 2.75. The minimum atomic E-state index is -0.156. The van der Waals surface area contributed by atoms with Crippen LogP contribution in [0.5, 0.6) is 0 Å². The topological polar surface area (TPSA) is 35.6 Å². The van der Waals surface area contributed by atoms with E-state index in [2.05, 4.69) is 41.1 Å². The summed E-state index contributed by atoms with van der Waals surface area (Å²) in [7, 11) is 0. The minimum Gasteiger partial charge on any atom is -0.326 e. The summed E-state index contributed by atoms with van der Waals surface area (Å²) in [5.74, 6) is -0.0499. The SMILES string of the molecule is CCN(CC)Cc1ccc(NC(=O)C2CCN(Cc3ccccc3F)CC2)cc1. The van der Waals surface area contributed by atoms with Gasteiger partial charge in [-0.25, -0.2) is 4.39 Å². The maximum Gasteiger partial charge on any atom is 0.227 e. The summed E-state index contributed by atoms with van der Waals surface area (Å²) in [6, 6.07) is 15.1. The number of anilines is 1. The first kappa shape index (κ1) is 21.5. The number of nitrogens with zero attached hydrogens (tertiary/aromatic N) is 2. The fourth-order valence-electron chi connectivity index (χ4n) is 3.86. The second kappa shape index (κ2) is 10.5. The lowest BCUT2D eigenvalue weighted by Gasteiger charge is -2.31. The van der Waals surface area contributed by atoms with E-state index in [0.717, 1.165) is 56.8 Å². The highest BCUT2D eigenvalue weighted by Gasteiger charge is 2.25. The van der Waals surface area contributed by atoms with E-state index >= 15 is 0 Å². The number of piperidine rings is 1. The molecule has 0 saturated carbocycles. The van der Waals surface area contributed by atoms with E-state index in [1.54, 1.807) is 6.07 Å². The largest absolute Gasteiger partial charge is 0.326 e. The summed E-state index contributed by atoms with van der Waals surface area (Å²) in [5, 5.41) is 3.06. The molecule has 29 heavy (non-hydrogen) atoms. The van der Waals surface area contributed by atoms with Crippen LogP contribution in [0, 0.1) is 11.7 Å². The third kappa shape index (κ3) is 6.12. The smallest absolute Gasteiger partial charge is 0.227 e. The van der Waals surface area contributed by atoms with Gasteiger partial charge >= 0.3 is 0 Å². The van der Waals surface area contributed by atoms with Crippen LogP contribution in [0.2, 0.25) is 0 Å². The molecular weight excluding hydrogens is 365 g/mol. The number of hydrogen-bond donors (Lipinski definition) is 1. The highest BCUT2D eigenvalue weighted by Crippen LogP contribution is 2.22. The molecule has 2 aromatic rings. The normalized spacial score (nSPS) is 15.6. The Labute approximate surface area is 173 Å². The average molecular weight is 398 g/mol. The predicted octanol–water partition coefficient (Wildman–Crippen LogP) is 4.52. The van der Waals surface area contributed by atoms with Gasteiger partial charge in [0, 0.05) is 30.3 Å². The summed E-state index contributed by atoms with van der Waals surface area (Å²) >= 11 is 0. The maximum atomic E-state index is 13.8. The highest BCUT2D eigenvalue weighted by atomic mass is 19.1. The first-order chi connectivity index (χ1) is 14.1. The molecule has 4 nitrogen and oxygen atoms in total. The van der Waals surface area contributed by atoms with E-state index in [4.69, 9.17) is 0 Å². The van der Waals surface area contributed by atoms with Crippen molar-refractivity contribution in [3.05, 3.63) is 65.5 Å². The molecule has 1 fully saturated rings. The van der Waals surface area contributed by atoms with Crippen LogP contribution in [0.1, 0.15) is 37.8 Å². The zero-order chi connectivity index (χ0) is 20.6. The molecule has 0 bridgehead atoms. The van der Waals surface area contributed by atoms with E-state index < -0.39 is 0 Å². The number of nitrogens with one attached hydrogen (secondary N) is 1. The molecule has 0 aliphatic carbocycles. The van der Waals surface area contributed by atoms with Gasteiger partial charge in [0.05, 0.1) is 0 Å². The molecule has 1 amide bonds. The zero-order valence-corrected chi connectivity index (χ0v) is 17.5. The molecule has 3 rings (SSSR count). The summed E-state index contributed by atoms with van der Waals surface area (Å²) in [6.07, 6.45) is 1.61. The molecule has 0 aromatic heterocycles. The summed E-state index contributed by atoms with van der Waals surface area (Å²) in [5.41, 5.74) is 2.83. The standard InChI is InChI=1S/C24H32FN3O/c1-3-27(4-2)17-19-9-11-22(12-10-19)26-24(29)20-13-15-28(16-14-20)18-21-7-5-6-8-23(21)25/h5-12,20H,3-4,13-18H2,1-2H3,(H,26,29). The highest BCUT2D eigenvalue weighted by molar-refractivity contribution is 5.92. The van der Waals surface area contributed by atoms with Gasteiger partial charge < -0.3 is 5.32 Å². The number of likely N-dealkylation sites (tertiary alicyclic amines) is 1. The summed E-state index contributed by atoms with van der Waals surface area (Å²) < 4.78 is 13.8. The van der Waals surface area contributed by atoms with Crippen molar-refractivity contribution in [2.75, 3.05) is 31.5 Å². The van der Waals surface area contributed by atoms with E-state index in [1.807, 2.05) is 24.3 Å². The molecule has 2 aromatic carbocycles. The molecule has 1 N–H and O–H groups in total. The van der Waals surface area contributed by atoms with Crippen molar-refractivity contribution in [3.8, 4) is 0 Å². The molecule has 0 atom stereocenters. The molecular formula is C24H32FN3O. The van der Waals surface area contributed by atoms with Gasteiger partial charge in [0.1, 0.15) is 5.82 Å². The van der Waals surface area contributed by atoms with Crippen molar-refractivity contribution in [1.29, 1.82) is 0 Å². The number of rotatable bonds is 8. The van der Waals surface area contributed by atoms with Crippen LogP contribution >= 0.6 is 0 Å². The van der Waals surface area contributed by atoms with Gasteiger partial charge in [0.15, 0.2) is 0 Å². The summed E-state index contributed by atoms with van der Waals surface area (Å²) in [6.45, 7) is 9.57. The van der Waals surface area contributed by atoms with Crippen LogP contribution < -0.4 is 5.32 Å². The van der Waals surface area contributed by atoms with E-state index in [1.165, 1.54) is 11.6 Å². The quantitative estimate of drug-likeness (QED) is 0.711. The Morgan fingerprint density at radius 1 is 1.07 bits per heavy atom.